The van der Waals surface area contributed by atoms with E-state index in [1.165, 1.54) is 32.1 Å². The number of hydrogen-bond acceptors (Lipinski definition) is 2. The second-order valence-corrected chi connectivity index (χ2v) is 5.44. The molecule has 1 aliphatic rings. The average Bonchev–Trinajstić information content (AvgIpc) is 2.27. The van der Waals surface area contributed by atoms with Gasteiger partial charge >= 0.3 is 0 Å². The van der Waals surface area contributed by atoms with E-state index >= 15 is 0 Å². The van der Waals surface area contributed by atoms with E-state index in [1.54, 1.807) is 16.8 Å². The summed E-state index contributed by atoms with van der Waals surface area (Å²) >= 11 is 3.25. The molecule has 1 saturated carbocycles. The number of hydrogen-bond donors (Lipinski definition) is 1. The van der Waals surface area contributed by atoms with Crippen molar-refractivity contribution in [1.82, 2.24) is 4.57 Å². The Hall–Kier alpha value is -0.770. The number of anilines is 1. The first-order valence-corrected chi connectivity index (χ1v) is 6.61. The number of nitrogens with two attached hydrogens (primary N) is 1. The summed E-state index contributed by atoms with van der Waals surface area (Å²) < 4.78 is 2.30. The summed E-state index contributed by atoms with van der Waals surface area (Å²) in [4.78, 5) is 11.9. The monoisotopic (exact) mass is 284 g/mol. The van der Waals surface area contributed by atoms with Crippen LogP contribution in [0.1, 0.15) is 32.1 Å². The molecular weight excluding hydrogens is 268 g/mol. The van der Waals surface area contributed by atoms with E-state index in [-0.39, 0.29) is 5.56 Å². The van der Waals surface area contributed by atoms with Gasteiger partial charge < -0.3 is 10.3 Å². The summed E-state index contributed by atoms with van der Waals surface area (Å²) in [5, 5.41) is 0. The summed E-state index contributed by atoms with van der Waals surface area (Å²) in [5.74, 6) is 0.639. The molecule has 1 aromatic heterocycles. The molecule has 0 bridgehead atoms. The topological polar surface area (TPSA) is 48.0 Å². The van der Waals surface area contributed by atoms with Gasteiger partial charge in [0.25, 0.3) is 5.56 Å². The maximum atomic E-state index is 11.9. The summed E-state index contributed by atoms with van der Waals surface area (Å²) in [7, 11) is 0. The Morgan fingerprint density at radius 3 is 2.75 bits per heavy atom. The highest BCUT2D eigenvalue weighted by atomic mass is 79.9. The number of aromatic nitrogens is 1. The van der Waals surface area contributed by atoms with Crippen LogP contribution in [0.5, 0.6) is 0 Å². The van der Waals surface area contributed by atoms with Gasteiger partial charge in [-0.05, 0) is 40.8 Å². The van der Waals surface area contributed by atoms with Crippen molar-refractivity contribution in [3.05, 3.63) is 27.1 Å². The highest BCUT2D eigenvalue weighted by molar-refractivity contribution is 9.10. The SMILES string of the molecule is Nc1cc(Br)c(=O)n(CC2CCCCC2)c1. The smallest absolute Gasteiger partial charge is 0.264 e. The van der Waals surface area contributed by atoms with Crippen molar-refractivity contribution < 1.29 is 0 Å². The molecule has 16 heavy (non-hydrogen) atoms. The molecule has 2 rings (SSSR count). The highest BCUT2D eigenvalue weighted by Crippen LogP contribution is 2.25. The van der Waals surface area contributed by atoms with Crippen molar-refractivity contribution in [1.29, 1.82) is 0 Å². The Labute approximate surface area is 104 Å². The number of nitrogen functional groups attached to an aromatic ring is 1. The van der Waals surface area contributed by atoms with Gasteiger partial charge in [0.05, 0.1) is 4.47 Å². The van der Waals surface area contributed by atoms with Crippen molar-refractivity contribution in [3.8, 4) is 0 Å². The van der Waals surface area contributed by atoms with Crippen LogP contribution in [-0.4, -0.2) is 4.57 Å². The zero-order chi connectivity index (χ0) is 11.5. The molecule has 1 aromatic rings. The van der Waals surface area contributed by atoms with Crippen molar-refractivity contribution in [2.75, 3.05) is 5.73 Å². The second kappa shape index (κ2) is 5.04. The van der Waals surface area contributed by atoms with Crippen LogP contribution in [0.2, 0.25) is 0 Å². The molecule has 0 amide bonds. The van der Waals surface area contributed by atoms with Crippen LogP contribution in [0.15, 0.2) is 21.5 Å². The number of halogens is 1. The molecule has 0 aliphatic heterocycles. The van der Waals surface area contributed by atoms with Gasteiger partial charge in [-0.2, -0.15) is 0 Å². The minimum absolute atomic E-state index is 0.0276. The van der Waals surface area contributed by atoms with E-state index in [0.717, 1.165) is 6.54 Å². The molecule has 1 aliphatic carbocycles. The van der Waals surface area contributed by atoms with Gasteiger partial charge in [0.15, 0.2) is 0 Å². The standard InChI is InChI=1S/C12H17BrN2O/c13-11-6-10(14)8-15(12(11)16)7-9-4-2-1-3-5-9/h6,8-9H,1-5,7,14H2. The Morgan fingerprint density at radius 1 is 1.38 bits per heavy atom. The Kier molecular flexibility index (Phi) is 3.69. The van der Waals surface area contributed by atoms with Crippen molar-refractivity contribution in [3.63, 3.8) is 0 Å². The van der Waals surface area contributed by atoms with E-state index in [1.807, 2.05) is 0 Å². The molecule has 4 heteroatoms. The molecule has 3 nitrogen and oxygen atoms in total. The fourth-order valence-corrected chi connectivity index (χ4v) is 2.90. The molecule has 0 radical (unpaired) electrons. The Morgan fingerprint density at radius 2 is 2.06 bits per heavy atom. The molecule has 0 spiro atoms. The average molecular weight is 285 g/mol. The van der Waals surface area contributed by atoms with Crippen LogP contribution in [-0.2, 0) is 6.54 Å². The lowest BCUT2D eigenvalue weighted by atomic mass is 9.89. The minimum Gasteiger partial charge on any atom is -0.398 e. The highest BCUT2D eigenvalue weighted by Gasteiger charge is 2.15. The van der Waals surface area contributed by atoms with Crippen molar-refractivity contribution >= 4 is 21.6 Å². The normalized spacial score (nSPS) is 17.6. The van der Waals surface area contributed by atoms with E-state index in [9.17, 15) is 4.79 Å². The first kappa shape index (κ1) is 11.7. The molecule has 2 N–H and O–H groups in total. The van der Waals surface area contributed by atoms with Gasteiger partial charge in [0, 0.05) is 18.4 Å². The van der Waals surface area contributed by atoms with Crippen molar-refractivity contribution in [2.45, 2.75) is 38.6 Å². The van der Waals surface area contributed by atoms with Crippen molar-refractivity contribution in [2.24, 2.45) is 5.92 Å². The maximum absolute atomic E-state index is 11.9. The van der Waals surface area contributed by atoms with Gasteiger partial charge in [-0.25, -0.2) is 0 Å². The van der Waals surface area contributed by atoms with Gasteiger partial charge in [0.1, 0.15) is 0 Å². The van der Waals surface area contributed by atoms with E-state index in [4.69, 9.17) is 5.73 Å². The molecule has 1 fully saturated rings. The first-order valence-electron chi connectivity index (χ1n) is 5.82. The maximum Gasteiger partial charge on any atom is 0.264 e. The largest absolute Gasteiger partial charge is 0.398 e. The quantitative estimate of drug-likeness (QED) is 0.908. The molecule has 0 atom stereocenters. The lowest BCUT2D eigenvalue weighted by molar-refractivity contribution is 0.316. The van der Waals surface area contributed by atoms with Crippen LogP contribution in [0.25, 0.3) is 0 Å². The van der Waals surface area contributed by atoms with Gasteiger partial charge in [-0.1, -0.05) is 19.3 Å². The van der Waals surface area contributed by atoms with Crippen LogP contribution < -0.4 is 11.3 Å². The molecule has 0 unspecified atom stereocenters. The zero-order valence-corrected chi connectivity index (χ0v) is 10.9. The third kappa shape index (κ3) is 2.67. The fourth-order valence-electron chi connectivity index (χ4n) is 2.40. The third-order valence-electron chi connectivity index (χ3n) is 3.24. The molecule has 0 saturated heterocycles. The predicted octanol–water partition coefficient (Wildman–Crippen LogP) is 2.77. The molecular formula is C12H17BrN2O. The van der Waals surface area contributed by atoms with Crippen LogP contribution >= 0.6 is 15.9 Å². The second-order valence-electron chi connectivity index (χ2n) is 4.58. The van der Waals surface area contributed by atoms with E-state index in [2.05, 4.69) is 15.9 Å². The predicted molar refractivity (Wildman–Crippen MR) is 69.4 cm³/mol. The summed E-state index contributed by atoms with van der Waals surface area (Å²) in [6.07, 6.45) is 8.15. The summed E-state index contributed by atoms with van der Waals surface area (Å²) in [5.41, 5.74) is 6.41. The van der Waals surface area contributed by atoms with Gasteiger partial charge in [0.2, 0.25) is 0 Å². The third-order valence-corrected chi connectivity index (χ3v) is 3.81. The van der Waals surface area contributed by atoms with Crippen LogP contribution in [0, 0.1) is 5.92 Å². The Bertz CT molecular complexity index is 422. The van der Waals surface area contributed by atoms with Crippen LogP contribution in [0.3, 0.4) is 0 Å². The summed E-state index contributed by atoms with van der Waals surface area (Å²) in [6, 6.07) is 1.67. The molecule has 88 valence electrons. The fraction of sp³-hybridized carbons (Fsp3) is 0.583. The number of rotatable bonds is 2. The molecule has 1 heterocycles. The lowest BCUT2D eigenvalue weighted by Crippen LogP contribution is -2.25. The summed E-state index contributed by atoms with van der Waals surface area (Å²) in [6.45, 7) is 0.808. The Balaban J connectivity index is 2.17. The van der Waals surface area contributed by atoms with E-state index in [0.29, 0.717) is 16.1 Å². The lowest BCUT2D eigenvalue weighted by Gasteiger charge is -2.22. The van der Waals surface area contributed by atoms with Crippen LogP contribution in [0.4, 0.5) is 5.69 Å². The number of nitrogens with zero attached hydrogens (tertiary/aromatic N) is 1. The number of pyridine rings is 1. The molecule has 0 aromatic carbocycles. The van der Waals surface area contributed by atoms with Gasteiger partial charge in [-0.15, -0.1) is 0 Å². The van der Waals surface area contributed by atoms with Gasteiger partial charge in [-0.3, -0.25) is 4.79 Å². The minimum atomic E-state index is 0.0276. The van der Waals surface area contributed by atoms with E-state index < -0.39 is 0 Å². The first-order chi connectivity index (χ1) is 7.66. The zero-order valence-electron chi connectivity index (χ0n) is 9.29.